The molecule has 0 saturated carbocycles. The van der Waals surface area contributed by atoms with Crippen molar-refractivity contribution >= 4 is 23.3 Å². The first-order valence-corrected chi connectivity index (χ1v) is 9.01. The van der Waals surface area contributed by atoms with E-state index in [1.54, 1.807) is 24.5 Å². The Morgan fingerprint density at radius 1 is 1.00 bits per heavy atom. The van der Waals surface area contributed by atoms with Crippen LogP contribution in [0, 0.1) is 0 Å². The molecule has 3 rings (SSSR count). The molecule has 3 aromatic rings. The van der Waals surface area contributed by atoms with Crippen LogP contribution in [0.3, 0.4) is 0 Å². The SMILES string of the molecule is COc1ccc(Oc2ccc(CNC(=O)/C=C/c3cccs3)cc2)cc1. The summed E-state index contributed by atoms with van der Waals surface area (Å²) in [6.07, 6.45) is 3.36. The van der Waals surface area contributed by atoms with Crippen molar-refractivity contribution in [3.63, 3.8) is 0 Å². The second-order valence-electron chi connectivity index (χ2n) is 5.49. The molecule has 0 radical (unpaired) electrons. The van der Waals surface area contributed by atoms with E-state index in [4.69, 9.17) is 9.47 Å². The van der Waals surface area contributed by atoms with Gasteiger partial charge in [0.1, 0.15) is 17.2 Å². The van der Waals surface area contributed by atoms with Crippen molar-refractivity contribution in [3.8, 4) is 17.2 Å². The van der Waals surface area contributed by atoms with E-state index in [-0.39, 0.29) is 5.91 Å². The summed E-state index contributed by atoms with van der Waals surface area (Å²) in [6.45, 7) is 0.469. The Labute approximate surface area is 156 Å². The van der Waals surface area contributed by atoms with Crippen LogP contribution in [0.25, 0.3) is 6.08 Å². The molecule has 0 aliphatic heterocycles. The van der Waals surface area contributed by atoms with Crippen LogP contribution < -0.4 is 14.8 Å². The number of carbonyl (C=O) groups excluding carboxylic acids is 1. The number of methoxy groups -OCH3 is 1. The predicted octanol–water partition coefficient (Wildman–Crippen LogP) is 4.88. The maximum atomic E-state index is 11.8. The lowest BCUT2D eigenvalue weighted by atomic mass is 10.2. The summed E-state index contributed by atoms with van der Waals surface area (Å²) in [5.41, 5.74) is 1.00. The number of amides is 1. The highest BCUT2D eigenvalue weighted by molar-refractivity contribution is 7.10. The standard InChI is InChI=1S/C21H19NO3S/c1-24-17-8-10-19(11-9-17)25-18-6-4-16(5-7-18)15-22-21(23)13-12-20-3-2-14-26-20/h2-14H,15H2,1H3,(H,22,23)/b13-12+. The van der Waals surface area contributed by atoms with E-state index in [0.717, 1.165) is 27.7 Å². The minimum absolute atomic E-state index is 0.114. The van der Waals surface area contributed by atoms with Gasteiger partial charge in [-0.2, -0.15) is 0 Å². The molecule has 132 valence electrons. The summed E-state index contributed by atoms with van der Waals surface area (Å²) in [5.74, 6) is 2.15. The van der Waals surface area contributed by atoms with Gasteiger partial charge >= 0.3 is 0 Å². The second kappa shape index (κ2) is 8.87. The van der Waals surface area contributed by atoms with Crippen LogP contribution >= 0.6 is 11.3 Å². The fourth-order valence-corrected chi connectivity index (χ4v) is 2.87. The summed E-state index contributed by atoms with van der Waals surface area (Å²) in [5, 5.41) is 4.85. The maximum Gasteiger partial charge on any atom is 0.244 e. The van der Waals surface area contributed by atoms with Gasteiger partial charge in [-0.05, 0) is 59.5 Å². The molecule has 0 aliphatic carbocycles. The number of hydrogen-bond donors (Lipinski definition) is 1. The third-order valence-corrected chi connectivity index (χ3v) is 4.46. The van der Waals surface area contributed by atoms with Gasteiger partial charge in [-0.15, -0.1) is 11.3 Å². The molecule has 1 N–H and O–H groups in total. The van der Waals surface area contributed by atoms with Crippen LogP contribution in [0.2, 0.25) is 0 Å². The van der Waals surface area contributed by atoms with Gasteiger partial charge in [-0.3, -0.25) is 4.79 Å². The molecule has 1 aromatic heterocycles. The van der Waals surface area contributed by atoms with Crippen LogP contribution in [-0.2, 0) is 11.3 Å². The third kappa shape index (κ3) is 5.22. The Hall–Kier alpha value is -3.05. The first-order valence-electron chi connectivity index (χ1n) is 8.13. The predicted molar refractivity (Wildman–Crippen MR) is 105 cm³/mol. The van der Waals surface area contributed by atoms with Gasteiger partial charge < -0.3 is 14.8 Å². The second-order valence-corrected chi connectivity index (χ2v) is 6.47. The van der Waals surface area contributed by atoms with Crippen molar-refractivity contribution in [2.75, 3.05) is 7.11 Å². The summed E-state index contributed by atoms with van der Waals surface area (Å²) in [7, 11) is 1.63. The molecular weight excluding hydrogens is 346 g/mol. The van der Waals surface area contributed by atoms with Crippen LogP contribution in [0.4, 0.5) is 0 Å². The molecular formula is C21H19NO3S. The smallest absolute Gasteiger partial charge is 0.244 e. The van der Waals surface area contributed by atoms with Gasteiger partial charge in [-0.25, -0.2) is 0 Å². The first kappa shape index (κ1) is 17.8. The van der Waals surface area contributed by atoms with Crippen molar-refractivity contribution in [1.29, 1.82) is 0 Å². The normalized spacial score (nSPS) is 10.7. The van der Waals surface area contributed by atoms with Gasteiger partial charge in [0, 0.05) is 17.5 Å². The number of ether oxygens (including phenoxy) is 2. The third-order valence-electron chi connectivity index (χ3n) is 3.63. The zero-order valence-electron chi connectivity index (χ0n) is 14.3. The van der Waals surface area contributed by atoms with Crippen molar-refractivity contribution in [1.82, 2.24) is 5.32 Å². The Bertz CT molecular complexity index is 853. The highest BCUT2D eigenvalue weighted by atomic mass is 32.1. The number of hydrogen-bond acceptors (Lipinski definition) is 4. The molecule has 0 spiro atoms. The molecule has 0 saturated heterocycles. The lowest BCUT2D eigenvalue weighted by Gasteiger charge is -2.08. The minimum Gasteiger partial charge on any atom is -0.497 e. The molecule has 0 unspecified atom stereocenters. The van der Waals surface area contributed by atoms with Gasteiger partial charge in [0.2, 0.25) is 5.91 Å². The Morgan fingerprint density at radius 3 is 2.27 bits per heavy atom. The van der Waals surface area contributed by atoms with Crippen molar-refractivity contribution < 1.29 is 14.3 Å². The van der Waals surface area contributed by atoms with E-state index in [1.165, 1.54) is 0 Å². The number of carbonyl (C=O) groups is 1. The van der Waals surface area contributed by atoms with Crippen molar-refractivity contribution in [3.05, 3.63) is 82.6 Å². The molecule has 2 aromatic carbocycles. The highest BCUT2D eigenvalue weighted by Gasteiger charge is 2.01. The summed E-state index contributed by atoms with van der Waals surface area (Å²) in [6, 6.07) is 19.0. The first-order chi connectivity index (χ1) is 12.7. The molecule has 1 amide bonds. The van der Waals surface area contributed by atoms with Gasteiger partial charge in [0.25, 0.3) is 0 Å². The monoisotopic (exact) mass is 365 g/mol. The zero-order chi connectivity index (χ0) is 18.2. The fraction of sp³-hybridized carbons (Fsp3) is 0.0952. The average molecular weight is 365 g/mol. The van der Waals surface area contributed by atoms with E-state index in [0.29, 0.717) is 6.54 Å². The summed E-state index contributed by atoms with van der Waals surface area (Å²) >= 11 is 1.60. The molecule has 0 fully saturated rings. The molecule has 26 heavy (non-hydrogen) atoms. The number of rotatable bonds is 7. The van der Waals surface area contributed by atoms with E-state index < -0.39 is 0 Å². The van der Waals surface area contributed by atoms with E-state index in [9.17, 15) is 4.79 Å². The Morgan fingerprint density at radius 2 is 1.65 bits per heavy atom. The van der Waals surface area contributed by atoms with E-state index in [2.05, 4.69) is 5.32 Å². The Kier molecular flexibility index (Phi) is 6.06. The number of thiophene rings is 1. The van der Waals surface area contributed by atoms with Gasteiger partial charge in [0.15, 0.2) is 0 Å². The molecule has 5 heteroatoms. The fourth-order valence-electron chi connectivity index (χ4n) is 2.25. The lowest BCUT2D eigenvalue weighted by molar-refractivity contribution is -0.116. The summed E-state index contributed by atoms with van der Waals surface area (Å²) in [4.78, 5) is 12.9. The van der Waals surface area contributed by atoms with Crippen LogP contribution in [0.5, 0.6) is 17.2 Å². The van der Waals surface area contributed by atoms with E-state index >= 15 is 0 Å². The maximum absolute atomic E-state index is 11.8. The van der Waals surface area contributed by atoms with Gasteiger partial charge in [0.05, 0.1) is 7.11 Å². The number of nitrogens with one attached hydrogen (secondary N) is 1. The quantitative estimate of drug-likeness (QED) is 0.607. The largest absolute Gasteiger partial charge is 0.497 e. The average Bonchev–Trinajstić information content (AvgIpc) is 3.20. The topological polar surface area (TPSA) is 47.6 Å². The molecule has 0 aliphatic rings. The molecule has 0 bridgehead atoms. The van der Waals surface area contributed by atoms with Crippen LogP contribution in [0.15, 0.2) is 72.1 Å². The van der Waals surface area contributed by atoms with Crippen molar-refractivity contribution in [2.24, 2.45) is 0 Å². The highest BCUT2D eigenvalue weighted by Crippen LogP contribution is 2.24. The molecule has 1 heterocycles. The molecule has 0 atom stereocenters. The number of benzene rings is 2. The van der Waals surface area contributed by atoms with Crippen molar-refractivity contribution in [2.45, 2.75) is 6.54 Å². The lowest BCUT2D eigenvalue weighted by Crippen LogP contribution is -2.20. The van der Waals surface area contributed by atoms with Crippen LogP contribution in [0.1, 0.15) is 10.4 Å². The Balaban J connectivity index is 1.50. The van der Waals surface area contributed by atoms with E-state index in [1.807, 2.05) is 72.1 Å². The zero-order valence-corrected chi connectivity index (χ0v) is 15.2. The molecule has 4 nitrogen and oxygen atoms in total. The van der Waals surface area contributed by atoms with Crippen LogP contribution in [-0.4, -0.2) is 13.0 Å². The minimum atomic E-state index is -0.114. The van der Waals surface area contributed by atoms with Gasteiger partial charge in [-0.1, -0.05) is 18.2 Å². The summed E-state index contributed by atoms with van der Waals surface area (Å²) < 4.78 is 10.9.